The monoisotopic (exact) mass is 185 g/mol. The van der Waals surface area contributed by atoms with Crippen LogP contribution in [0.4, 0.5) is 4.79 Å². The van der Waals surface area contributed by atoms with Crippen molar-refractivity contribution in [1.29, 1.82) is 0 Å². The first kappa shape index (κ1) is 10.3. The number of nitrogens with zero attached hydrogens (tertiary/aromatic N) is 2. The highest BCUT2D eigenvalue weighted by Gasteiger charge is 2.28. The van der Waals surface area contributed by atoms with Crippen molar-refractivity contribution in [3.8, 4) is 0 Å². The Kier molecular flexibility index (Phi) is 2.81. The van der Waals surface area contributed by atoms with E-state index in [1.54, 1.807) is 0 Å². The van der Waals surface area contributed by atoms with Crippen LogP contribution < -0.4 is 5.32 Å². The molecule has 1 aliphatic heterocycles. The number of hydrogen-bond donors (Lipinski definition) is 1. The number of carbonyl (C=O) groups excluding carboxylic acids is 1. The van der Waals surface area contributed by atoms with Crippen molar-refractivity contribution in [2.45, 2.75) is 19.4 Å². The van der Waals surface area contributed by atoms with E-state index >= 15 is 0 Å². The molecule has 0 unspecified atom stereocenters. The largest absolute Gasteiger partial charge is 0.336 e. The molecular weight excluding hydrogens is 166 g/mol. The van der Waals surface area contributed by atoms with Crippen LogP contribution in [-0.4, -0.2) is 55.1 Å². The Hall–Kier alpha value is -0.770. The highest BCUT2D eigenvalue weighted by Crippen LogP contribution is 2.13. The first-order valence-electron chi connectivity index (χ1n) is 4.64. The normalized spacial score (nSPS) is 18.2. The minimum Gasteiger partial charge on any atom is -0.336 e. The number of rotatable bonds is 3. The Morgan fingerprint density at radius 3 is 2.54 bits per heavy atom. The molecular formula is C9H19N3O. The summed E-state index contributed by atoms with van der Waals surface area (Å²) >= 11 is 0. The van der Waals surface area contributed by atoms with E-state index in [9.17, 15) is 4.79 Å². The summed E-state index contributed by atoms with van der Waals surface area (Å²) in [6, 6.07) is 0.0647. The minimum absolute atomic E-state index is 0.0433. The molecule has 0 aliphatic carbocycles. The number of nitrogens with one attached hydrogen (secondary N) is 1. The lowest BCUT2D eigenvalue weighted by atomic mass is 10.0. The molecule has 0 aromatic carbocycles. The quantitative estimate of drug-likeness (QED) is 0.688. The zero-order chi connectivity index (χ0) is 10.1. The van der Waals surface area contributed by atoms with Gasteiger partial charge >= 0.3 is 6.03 Å². The molecule has 1 saturated heterocycles. The van der Waals surface area contributed by atoms with Crippen molar-refractivity contribution in [2.75, 3.05) is 33.7 Å². The summed E-state index contributed by atoms with van der Waals surface area (Å²) in [5.41, 5.74) is 0.0433. The van der Waals surface area contributed by atoms with Gasteiger partial charge in [-0.1, -0.05) is 0 Å². The zero-order valence-electron chi connectivity index (χ0n) is 8.92. The van der Waals surface area contributed by atoms with Gasteiger partial charge in [-0.3, -0.25) is 0 Å². The van der Waals surface area contributed by atoms with Crippen molar-refractivity contribution in [3.63, 3.8) is 0 Å². The molecule has 4 heteroatoms. The molecule has 0 saturated carbocycles. The second-order valence-electron chi connectivity index (χ2n) is 4.36. The third-order valence-corrected chi connectivity index (χ3v) is 2.73. The van der Waals surface area contributed by atoms with Crippen LogP contribution in [0.15, 0.2) is 0 Å². The number of urea groups is 1. The molecule has 0 atom stereocenters. The van der Waals surface area contributed by atoms with Crippen LogP contribution in [0.1, 0.15) is 13.8 Å². The lowest BCUT2D eigenvalue weighted by Gasteiger charge is -2.35. The summed E-state index contributed by atoms with van der Waals surface area (Å²) in [6.45, 7) is 6.67. The maximum atomic E-state index is 11.3. The van der Waals surface area contributed by atoms with E-state index in [1.165, 1.54) is 0 Å². The third-order valence-electron chi connectivity index (χ3n) is 2.73. The van der Waals surface area contributed by atoms with E-state index in [4.69, 9.17) is 0 Å². The first-order valence-corrected chi connectivity index (χ1v) is 4.64. The van der Waals surface area contributed by atoms with Crippen LogP contribution in [0, 0.1) is 0 Å². The fraction of sp³-hybridized carbons (Fsp3) is 0.889. The van der Waals surface area contributed by atoms with Crippen LogP contribution in [0.2, 0.25) is 0 Å². The topological polar surface area (TPSA) is 35.6 Å². The second kappa shape index (κ2) is 3.54. The Balaban J connectivity index is 2.52. The SMILES string of the molecule is CN(C)C(C)(C)CN1CCNC1=O. The molecule has 1 rings (SSSR count). The van der Waals surface area contributed by atoms with Crippen molar-refractivity contribution in [2.24, 2.45) is 0 Å². The maximum absolute atomic E-state index is 11.3. The highest BCUT2D eigenvalue weighted by molar-refractivity contribution is 5.76. The summed E-state index contributed by atoms with van der Waals surface area (Å²) in [5.74, 6) is 0. The van der Waals surface area contributed by atoms with E-state index in [0.29, 0.717) is 0 Å². The summed E-state index contributed by atoms with van der Waals surface area (Å²) in [6.07, 6.45) is 0. The van der Waals surface area contributed by atoms with Gasteiger partial charge in [-0.25, -0.2) is 4.79 Å². The summed E-state index contributed by atoms with van der Waals surface area (Å²) in [4.78, 5) is 15.3. The van der Waals surface area contributed by atoms with Gasteiger partial charge in [0.2, 0.25) is 0 Å². The van der Waals surface area contributed by atoms with E-state index in [0.717, 1.165) is 19.6 Å². The van der Waals surface area contributed by atoms with Gasteiger partial charge in [0.1, 0.15) is 0 Å². The fourth-order valence-corrected chi connectivity index (χ4v) is 1.27. The number of amides is 2. The number of carbonyl (C=O) groups is 1. The van der Waals surface area contributed by atoms with E-state index < -0.39 is 0 Å². The molecule has 2 amide bonds. The number of hydrogen-bond acceptors (Lipinski definition) is 2. The van der Waals surface area contributed by atoms with E-state index in [2.05, 4.69) is 24.1 Å². The molecule has 0 aromatic heterocycles. The van der Waals surface area contributed by atoms with Gasteiger partial charge in [0.05, 0.1) is 0 Å². The van der Waals surface area contributed by atoms with Crippen molar-refractivity contribution in [3.05, 3.63) is 0 Å². The molecule has 0 aromatic rings. The molecule has 13 heavy (non-hydrogen) atoms. The number of likely N-dealkylation sites (N-methyl/N-ethyl adjacent to an activating group) is 1. The predicted octanol–water partition coefficient (Wildman–Crippen LogP) is 0.352. The summed E-state index contributed by atoms with van der Waals surface area (Å²) in [7, 11) is 4.07. The molecule has 76 valence electrons. The molecule has 4 nitrogen and oxygen atoms in total. The van der Waals surface area contributed by atoms with Gasteiger partial charge < -0.3 is 15.1 Å². The lowest BCUT2D eigenvalue weighted by molar-refractivity contribution is 0.140. The molecule has 0 radical (unpaired) electrons. The van der Waals surface area contributed by atoms with E-state index in [-0.39, 0.29) is 11.6 Å². The summed E-state index contributed by atoms with van der Waals surface area (Å²) < 4.78 is 0. The Bertz CT molecular complexity index is 201. The van der Waals surface area contributed by atoms with Crippen LogP contribution in [0.5, 0.6) is 0 Å². The predicted molar refractivity (Wildman–Crippen MR) is 52.7 cm³/mol. The standard InChI is InChI=1S/C9H19N3O/c1-9(2,11(3)4)7-12-6-5-10-8(12)13/h5-7H2,1-4H3,(H,10,13). The van der Waals surface area contributed by atoms with Crippen molar-refractivity contribution >= 4 is 6.03 Å². The van der Waals surface area contributed by atoms with E-state index in [1.807, 2.05) is 19.0 Å². The minimum atomic E-state index is 0.0433. The molecule has 1 aliphatic rings. The fourth-order valence-electron chi connectivity index (χ4n) is 1.27. The zero-order valence-corrected chi connectivity index (χ0v) is 8.92. The molecule has 0 bridgehead atoms. The molecule has 0 spiro atoms. The first-order chi connectivity index (χ1) is 5.93. The van der Waals surface area contributed by atoms with Gasteiger partial charge in [0, 0.05) is 25.2 Å². The van der Waals surface area contributed by atoms with Gasteiger partial charge in [0.25, 0.3) is 0 Å². The average Bonchev–Trinajstić information content (AvgIpc) is 2.35. The van der Waals surface area contributed by atoms with Crippen LogP contribution in [0.25, 0.3) is 0 Å². The Morgan fingerprint density at radius 2 is 2.15 bits per heavy atom. The van der Waals surface area contributed by atoms with Crippen molar-refractivity contribution in [1.82, 2.24) is 15.1 Å². The van der Waals surface area contributed by atoms with Gasteiger partial charge in [-0.15, -0.1) is 0 Å². The average molecular weight is 185 g/mol. The lowest BCUT2D eigenvalue weighted by Crippen LogP contribution is -2.49. The molecule has 1 N–H and O–H groups in total. The molecule has 1 heterocycles. The molecule has 1 fully saturated rings. The Morgan fingerprint density at radius 1 is 1.54 bits per heavy atom. The Labute approximate surface area is 79.9 Å². The smallest absolute Gasteiger partial charge is 0.317 e. The van der Waals surface area contributed by atoms with Gasteiger partial charge in [-0.2, -0.15) is 0 Å². The maximum Gasteiger partial charge on any atom is 0.317 e. The van der Waals surface area contributed by atoms with Gasteiger partial charge in [-0.05, 0) is 27.9 Å². The van der Waals surface area contributed by atoms with Crippen molar-refractivity contribution < 1.29 is 4.79 Å². The highest BCUT2D eigenvalue weighted by atomic mass is 16.2. The van der Waals surface area contributed by atoms with Gasteiger partial charge in [0.15, 0.2) is 0 Å². The van der Waals surface area contributed by atoms with Crippen LogP contribution in [-0.2, 0) is 0 Å². The second-order valence-corrected chi connectivity index (χ2v) is 4.36. The van der Waals surface area contributed by atoms with Crippen LogP contribution in [0.3, 0.4) is 0 Å². The third kappa shape index (κ3) is 2.34. The van der Waals surface area contributed by atoms with Crippen LogP contribution >= 0.6 is 0 Å². The summed E-state index contributed by atoms with van der Waals surface area (Å²) in [5, 5.41) is 2.80.